The fourth-order valence-corrected chi connectivity index (χ4v) is 5.50. The highest BCUT2D eigenvalue weighted by atomic mass is 32.2. The van der Waals surface area contributed by atoms with Gasteiger partial charge in [0.25, 0.3) is 0 Å². The van der Waals surface area contributed by atoms with Gasteiger partial charge in [0.15, 0.2) is 0 Å². The van der Waals surface area contributed by atoms with Gasteiger partial charge in [-0.3, -0.25) is 9.69 Å². The van der Waals surface area contributed by atoms with Crippen molar-refractivity contribution in [2.45, 2.75) is 37.0 Å². The van der Waals surface area contributed by atoms with Crippen LogP contribution in [-0.2, 0) is 19.6 Å². The van der Waals surface area contributed by atoms with Crippen LogP contribution in [0.5, 0.6) is 0 Å². The largest absolute Gasteiger partial charge is 0.379 e. The van der Waals surface area contributed by atoms with Gasteiger partial charge in [0, 0.05) is 39.1 Å². The molecule has 0 aromatic heterocycles. The van der Waals surface area contributed by atoms with Crippen molar-refractivity contribution in [1.29, 1.82) is 0 Å². The van der Waals surface area contributed by atoms with E-state index in [1.807, 2.05) is 0 Å². The highest BCUT2D eigenvalue weighted by Crippen LogP contribution is 2.26. The zero-order valence-corrected chi connectivity index (χ0v) is 18.2. The molecule has 1 aromatic rings. The van der Waals surface area contributed by atoms with E-state index in [0.29, 0.717) is 32.0 Å². The second kappa shape index (κ2) is 11.2. The van der Waals surface area contributed by atoms with Crippen LogP contribution in [0.4, 0.5) is 4.39 Å². The van der Waals surface area contributed by atoms with Gasteiger partial charge in [-0.05, 0) is 56.3 Å². The molecule has 0 unspecified atom stereocenters. The van der Waals surface area contributed by atoms with Crippen molar-refractivity contribution in [2.24, 2.45) is 5.92 Å². The maximum Gasteiger partial charge on any atom is 0.243 e. The molecule has 0 saturated carbocycles. The second-order valence-electron chi connectivity index (χ2n) is 8.00. The summed E-state index contributed by atoms with van der Waals surface area (Å²) in [4.78, 5) is 14.4. The van der Waals surface area contributed by atoms with Gasteiger partial charge in [0.1, 0.15) is 5.82 Å². The van der Waals surface area contributed by atoms with Crippen LogP contribution in [0.25, 0.3) is 0 Å². The monoisotopic (exact) mass is 441 g/mol. The Bertz CT molecular complexity index is 791. The number of rotatable bonds is 9. The smallest absolute Gasteiger partial charge is 0.243 e. The van der Waals surface area contributed by atoms with E-state index in [1.165, 1.54) is 22.5 Å². The Morgan fingerprint density at radius 3 is 2.60 bits per heavy atom. The predicted molar refractivity (Wildman–Crippen MR) is 112 cm³/mol. The molecule has 168 valence electrons. The number of amides is 1. The lowest BCUT2D eigenvalue weighted by atomic mass is 9.93. The van der Waals surface area contributed by atoms with Crippen molar-refractivity contribution < 1.29 is 22.3 Å². The summed E-state index contributed by atoms with van der Waals surface area (Å²) in [6, 6.07) is 5.13. The van der Waals surface area contributed by atoms with E-state index in [-0.39, 0.29) is 10.8 Å². The van der Waals surface area contributed by atoms with Gasteiger partial charge < -0.3 is 10.1 Å². The number of halogens is 1. The number of carbonyl (C=O) groups is 1. The number of ether oxygens (including phenoxy) is 1. The van der Waals surface area contributed by atoms with E-state index in [2.05, 4.69) is 10.2 Å². The molecule has 2 aliphatic rings. The second-order valence-corrected chi connectivity index (χ2v) is 9.94. The van der Waals surface area contributed by atoms with E-state index < -0.39 is 15.8 Å². The lowest BCUT2D eigenvalue weighted by Gasteiger charge is -2.31. The number of nitrogens with one attached hydrogen (secondary N) is 1. The minimum atomic E-state index is -3.66. The van der Waals surface area contributed by atoms with Crippen LogP contribution >= 0.6 is 0 Å². The quantitative estimate of drug-likeness (QED) is 0.592. The molecule has 0 spiro atoms. The predicted octanol–water partition coefficient (Wildman–Crippen LogP) is 1.85. The normalized spacial score (nSPS) is 19.6. The zero-order chi connectivity index (χ0) is 21.4. The number of nitrogens with zero attached hydrogens (tertiary/aromatic N) is 2. The first-order valence-electron chi connectivity index (χ1n) is 10.8. The zero-order valence-electron chi connectivity index (χ0n) is 17.4. The van der Waals surface area contributed by atoms with Gasteiger partial charge in [-0.2, -0.15) is 4.31 Å². The minimum absolute atomic E-state index is 0.00240. The molecule has 0 aliphatic carbocycles. The number of morpholine rings is 1. The van der Waals surface area contributed by atoms with E-state index in [4.69, 9.17) is 4.74 Å². The minimum Gasteiger partial charge on any atom is -0.379 e. The number of hydrogen-bond acceptors (Lipinski definition) is 5. The molecule has 1 N–H and O–H groups in total. The molecule has 3 rings (SSSR count). The molecule has 0 bridgehead atoms. The van der Waals surface area contributed by atoms with Gasteiger partial charge in [-0.1, -0.05) is 6.07 Å². The molecule has 2 aliphatic heterocycles. The van der Waals surface area contributed by atoms with Crippen LogP contribution in [0.1, 0.15) is 32.1 Å². The Balaban J connectivity index is 1.32. The summed E-state index contributed by atoms with van der Waals surface area (Å²) in [5, 5.41) is 2.98. The Morgan fingerprint density at radius 1 is 1.17 bits per heavy atom. The summed E-state index contributed by atoms with van der Waals surface area (Å²) < 4.78 is 45.4. The summed E-state index contributed by atoms with van der Waals surface area (Å²) in [7, 11) is -3.66. The lowest BCUT2D eigenvalue weighted by molar-refractivity contribution is -0.121. The maximum atomic E-state index is 13.4. The molecule has 9 heteroatoms. The maximum absolute atomic E-state index is 13.4. The third kappa shape index (κ3) is 6.73. The number of piperidine rings is 1. The van der Waals surface area contributed by atoms with E-state index in [1.54, 1.807) is 0 Å². The number of benzene rings is 1. The van der Waals surface area contributed by atoms with Crippen molar-refractivity contribution in [1.82, 2.24) is 14.5 Å². The molecule has 1 aromatic carbocycles. The van der Waals surface area contributed by atoms with Gasteiger partial charge >= 0.3 is 0 Å². The highest BCUT2D eigenvalue weighted by Gasteiger charge is 2.29. The van der Waals surface area contributed by atoms with Crippen LogP contribution in [0.15, 0.2) is 29.2 Å². The van der Waals surface area contributed by atoms with Crippen molar-refractivity contribution in [3.8, 4) is 0 Å². The topological polar surface area (TPSA) is 79.0 Å². The lowest BCUT2D eigenvalue weighted by Crippen LogP contribution is -2.39. The first kappa shape index (κ1) is 23.1. The third-order valence-corrected chi connectivity index (χ3v) is 7.76. The number of hydrogen-bond donors (Lipinski definition) is 1. The summed E-state index contributed by atoms with van der Waals surface area (Å²) in [6.07, 6.45) is 3.61. The van der Waals surface area contributed by atoms with Crippen LogP contribution in [0.2, 0.25) is 0 Å². The molecular formula is C21H32FN3O4S. The third-order valence-electron chi connectivity index (χ3n) is 5.86. The average Bonchev–Trinajstić information content (AvgIpc) is 2.76. The Morgan fingerprint density at radius 2 is 1.90 bits per heavy atom. The molecule has 2 fully saturated rings. The molecule has 0 atom stereocenters. The van der Waals surface area contributed by atoms with E-state index in [9.17, 15) is 17.6 Å². The van der Waals surface area contributed by atoms with Gasteiger partial charge in [-0.25, -0.2) is 12.8 Å². The number of carbonyl (C=O) groups excluding carboxylic acids is 1. The van der Waals surface area contributed by atoms with E-state index >= 15 is 0 Å². The van der Waals surface area contributed by atoms with Crippen molar-refractivity contribution in [2.75, 3.05) is 52.5 Å². The molecular weight excluding hydrogens is 409 g/mol. The molecule has 2 heterocycles. The molecule has 1 amide bonds. The molecule has 2 saturated heterocycles. The first-order chi connectivity index (χ1) is 14.4. The summed E-state index contributed by atoms with van der Waals surface area (Å²) in [5.74, 6) is -0.156. The van der Waals surface area contributed by atoms with E-state index in [0.717, 1.165) is 64.6 Å². The summed E-state index contributed by atoms with van der Waals surface area (Å²) in [5.41, 5.74) is 0. The Hall–Kier alpha value is -1.55. The first-order valence-corrected chi connectivity index (χ1v) is 12.2. The van der Waals surface area contributed by atoms with Gasteiger partial charge in [0.05, 0.1) is 18.1 Å². The summed E-state index contributed by atoms with van der Waals surface area (Å²) in [6.45, 7) is 5.96. The highest BCUT2D eigenvalue weighted by molar-refractivity contribution is 7.89. The molecule has 7 nitrogen and oxygen atoms in total. The molecule has 0 radical (unpaired) electrons. The van der Waals surface area contributed by atoms with Crippen LogP contribution in [-0.4, -0.2) is 76.0 Å². The Kier molecular flexibility index (Phi) is 8.61. The summed E-state index contributed by atoms with van der Waals surface area (Å²) >= 11 is 0. The van der Waals surface area contributed by atoms with Crippen molar-refractivity contribution >= 4 is 15.9 Å². The van der Waals surface area contributed by atoms with Gasteiger partial charge in [-0.15, -0.1) is 0 Å². The van der Waals surface area contributed by atoms with Gasteiger partial charge in [0.2, 0.25) is 15.9 Å². The van der Waals surface area contributed by atoms with Crippen LogP contribution in [0.3, 0.4) is 0 Å². The van der Waals surface area contributed by atoms with Crippen LogP contribution < -0.4 is 5.32 Å². The number of sulfonamides is 1. The van der Waals surface area contributed by atoms with Crippen LogP contribution in [0, 0.1) is 11.7 Å². The van der Waals surface area contributed by atoms with Crippen molar-refractivity contribution in [3.63, 3.8) is 0 Å². The SMILES string of the molecule is O=C(CCC1CCN(S(=O)(=O)c2cccc(F)c2)CC1)NCCCN1CCOCC1. The average molecular weight is 442 g/mol. The standard InChI is InChI=1S/C21H32FN3O4S/c22-19-3-1-4-20(17-19)30(27,28)25-11-7-18(8-12-25)5-6-21(26)23-9-2-10-24-13-15-29-16-14-24/h1,3-4,17-18H,2,5-16H2,(H,23,26). The Labute approximate surface area is 178 Å². The fourth-order valence-electron chi connectivity index (χ4n) is 3.99. The van der Waals surface area contributed by atoms with Crippen molar-refractivity contribution in [3.05, 3.63) is 30.1 Å². The molecule has 30 heavy (non-hydrogen) atoms. The fraction of sp³-hybridized carbons (Fsp3) is 0.667.